The van der Waals surface area contributed by atoms with Crippen molar-refractivity contribution in [2.24, 2.45) is 0 Å². The van der Waals surface area contributed by atoms with Crippen LogP contribution in [0.15, 0.2) is 116 Å². The maximum absolute atomic E-state index is 5.45. The summed E-state index contributed by atoms with van der Waals surface area (Å²) in [5, 5.41) is 8.26. The van der Waals surface area contributed by atoms with E-state index in [4.69, 9.17) is 9.97 Å². The molecule has 0 unspecified atom stereocenters. The van der Waals surface area contributed by atoms with Gasteiger partial charge in [-0.1, -0.05) is 87.5 Å². The molecule has 0 spiro atoms. The highest BCUT2D eigenvalue weighted by atomic mass is 31.2. The molecule has 0 fully saturated rings. The first-order valence-corrected chi connectivity index (χ1v) is 25.0. The van der Waals surface area contributed by atoms with Crippen molar-refractivity contribution in [1.82, 2.24) is 25.3 Å². The maximum atomic E-state index is 5.45. The Morgan fingerprint density at radius 2 is 1.26 bits per heavy atom. The SMILES string of the molecule is C=Cc1c(C)c2cc3nc(c(C)c4nc(cc5[nH]c(cc1[nH]2)c(C)c5CC)C(C)=C4)[C@@H](CCCNCCCCCC[P+](c1ccccc1)(c1ccccc1)c1ccccc1)[C@@H]3C. The third-order valence-corrected chi connectivity index (χ3v) is 18.3. The van der Waals surface area contributed by atoms with Crippen molar-refractivity contribution in [2.75, 3.05) is 19.3 Å². The number of nitrogens with one attached hydrogen (secondary N) is 3. The fourth-order valence-corrected chi connectivity index (χ4v) is 14.5. The van der Waals surface area contributed by atoms with Crippen LogP contribution >= 0.6 is 7.26 Å². The lowest BCUT2D eigenvalue weighted by atomic mass is 9.86. The van der Waals surface area contributed by atoms with Crippen LogP contribution in [0.5, 0.6) is 0 Å². The molecule has 0 radical (unpaired) electrons. The zero-order valence-electron chi connectivity index (χ0n) is 37.8. The Labute approximate surface area is 370 Å². The number of H-pyrrole nitrogens is 2. The molecule has 6 aromatic rings. The van der Waals surface area contributed by atoms with Gasteiger partial charge in [0.05, 0.1) is 17.5 Å². The molecule has 3 aromatic carbocycles. The van der Waals surface area contributed by atoms with E-state index in [0.29, 0.717) is 5.92 Å². The van der Waals surface area contributed by atoms with Crippen molar-refractivity contribution < 1.29 is 0 Å². The van der Waals surface area contributed by atoms with Gasteiger partial charge in [-0.2, -0.15) is 0 Å². The molecule has 8 bridgehead atoms. The summed E-state index contributed by atoms with van der Waals surface area (Å²) in [5.74, 6) is 0.614. The minimum Gasteiger partial charge on any atom is -0.355 e. The van der Waals surface area contributed by atoms with Crippen LogP contribution < -0.4 is 21.2 Å². The van der Waals surface area contributed by atoms with Gasteiger partial charge in [0, 0.05) is 50.9 Å². The zero-order chi connectivity index (χ0) is 43.2. The van der Waals surface area contributed by atoms with Gasteiger partial charge >= 0.3 is 0 Å². The molecule has 2 atom stereocenters. The van der Waals surface area contributed by atoms with Crippen LogP contribution in [0.25, 0.3) is 39.8 Å². The normalized spacial score (nSPS) is 15.2. The van der Waals surface area contributed by atoms with E-state index in [0.717, 1.165) is 77.1 Å². The molecule has 0 aliphatic carbocycles. The molecule has 62 heavy (non-hydrogen) atoms. The molecule has 3 N–H and O–H groups in total. The molecule has 2 aliphatic rings. The minimum atomic E-state index is -1.76. The van der Waals surface area contributed by atoms with Gasteiger partial charge in [0.1, 0.15) is 23.2 Å². The zero-order valence-corrected chi connectivity index (χ0v) is 38.7. The summed E-state index contributed by atoms with van der Waals surface area (Å²) in [6.07, 6.45) is 13.5. The largest absolute Gasteiger partial charge is 0.355 e. The van der Waals surface area contributed by atoms with Crippen LogP contribution in [0.3, 0.4) is 0 Å². The second-order valence-electron chi connectivity index (χ2n) is 17.5. The lowest BCUT2D eigenvalue weighted by Crippen LogP contribution is -2.33. The lowest BCUT2D eigenvalue weighted by Gasteiger charge is -2.27. The van der Waals surface area contributed by atoms with Crippen molar-refractivity contribution in [3.63, 3.8) is 0 Å². The monoisotopic (exact) mass is 838 g/mol. The van der Waals surface area contributed by atoms with E-state index in [9.17, 15) is 0 Å². The summed E-state index contributed by atoms with van der Waals surface area (Å²) in [5.41, 5.74) is 16.1. The van der Waals surface area contributed by atoms with E-state index in [2.05, 4.69) is 179 Å². The molecule has 0 saturated carbocycles. The van der Waals surface area contributed by atoms with Crippen LogP contribution in [0, 0.1) is 20.8 Å². The highest BCUT2D eigenvalue weighted by molar-refractivity contribution is 7.95. The number of rotatable bonds is 16. The average molecular weight is 839 g/mol. The van der Waals surface area contributed by atoms with E-state index in [1.54, 1.807) is 0 Å². The number of aromatic nitrogens is 4. The van der Waals surface area contributed by atoms with Crippen LogP contribution in [0.1, 0.15) is 122 Å². The van der Waals surface area contributed by atoms with Gasteiger partial charge in [0.15, 0.2) is 0 Å². The summed E-state index contributed by atoms with van der Waals surface area (Å²) in [4.78, 5) is 18.2. The fourth-order valence-electron chi connectivity index (χ4n) is 10.1. The average Bonchev–Trinajstić information content (AvgIpc) is 4.00. The summed E-state index contributed by atoms with van der Waals surface area (Å²) >= 11 is 0. The van der Waals surface area contributed by atoms with Crippen molar-refractivity contribution in [3.05, 3.63) is 166 Å². The summed E-state index contributed by atoms with van der Waals surface area (Å²) in [6, 6.07) is 40.7. The van der Waals surface area contributed by atoms with E-state index >= 15 is 0 Å². The van der Waals surface area contributed by atoms with Crippen molar-refractivity contribution >= 4 is 63.0 Å². The van der Waals surface area contributed by atoms with Crippen LogP contribution in [0.4, 0.5) is 0 Å². The Morgan fingerprint density at radius 1 is 0.661 bits per heavy atom. The Morgan fingerprint density at radius 3 is 1.89 bits per heavy atom. The quantitative estimate of drug-likeness (QED) is 0.0672. The molecule has 0 amide bonds. The molecule has 0 saturated heterocycles. The van der Waals surface area contributed by atoms with Gasteiger partial charge in [0.25, 0.3) is 0 Å². The van der Waals surface area contributed by atoms with Crippen LogP contribution in [-0.4, -0.2) is 39.2 Å². The molecule has 5 heterocycles. The van der Waals surface area contributed by atoms with Gasteiger partial charge in [-0.05, 0) is 168 Å². The Kier molecular flexibility index (Phi) is 13.5. The molecule has 8 rings (SSSR count). The van der Waals surface area contributed by atoms with E-state index < -0.39 is 7.26 Å². The van der Waals surface area contributed by atoms with Crippen molar-refractivity contribution in [1.29, 1.82) is 0 Å². The summed E-state index contributed by atoms with van der Waals surface area (Å²) < 4.78 is 0. The van der Waals surface area contributed by atoms with Crippen LogP contribution in [0.2, 0.25) is 0 Å². The maximum Gasteiger partial charge on any atom is 0.112 e. The van der Waals surface area contributed by atoms with Gasteiger partial charge in [0.2, 0.25) is 0 Å². The smallest absolute Gasteiger partial charge is 0.112 e. The predicted octanol–water partition coefficient (Wildman–Crippen LogP) is 12.8. The number of allylic oxidation sites excluding steroid dienone is 1. The number of aromatic amines is 2. The van der Waals surface area contributed by atoms with Crippen molar-refractivity contribution in [2.45, 2.75) is 98.3 Å². The Bertz CT molecular complexity index is 2610. The topological polar surface area (TPSA) is 69.4 Å². The van der Waals surface area contributed by atoms with Gasteiger partial charge in [-0.15, -0.1) is 0 Å². The first kappa shape index (κ1) is 43.3. The third kappa shape index (κ3) is 8.68. The van der Waals surface area contributed by atoms with E-state index in [1.165, 1.54) is 81.3 Å². The molecular weight excluding hydrogens is 774 g/mol. The van der Waals surface area contributed by atoms with Crippen molar-refractivity contribution in [3.8, 4) is 0 Å². The first-order chi connectivity index (χ1) is 30.2. The number of fused-ring (bicyclic) bond motifs is 8. The van der Waals surface area contributed by atoms with E-state index in [-0.39, 0.29) is 5.92 Å². The minimum absolute atomic E-state index is 0.289. The predicted molar refractivity (Wildman–Crippen MR) is 270 cm³/mol. The van der Waals surface area contributed by atoms with Crippen LogP contribution in [-0.2, 0) is 6.42 Å². The first-order valence-electron chi connectivity index (χ1n) is 23.0. The summed E-state index contributed by atoms with van der Waals surface area (Å²) in [7, 11) is -1.76. The highest BCUT2D eigenvalue weighted by Crippen LogP contribution is 2.56. The standard InChI is InChI=1S/C56H65N5P/c1-8-46-40(5)52-37-55-47(9-2)39(4)51(59-55)36-53-41(6)48(56(61-53)42(7)50-34-38(3)49(58-50)35-54(46)60-52)30-23-32-57-31-21-10-11-22-33-62(43-24-15-12-16-25-43,44-26-17-13-18-27-44)45-28-19-14-20-29-45/h9,12-20,24-29,34-37,41,48,57,59-60H,2,8,10-11,21-23,30-33H2,1,3-7H3/q+1/t41-,48-/m0/s1. The number of hydrogen-bond acceptors (Lipinski definition) is 3. The number of aryl methyl sites for hydroxylation is 3. The number of benzene rings is 3. The summed E-state index contributed by atoms with van der Waals surface area (Å²) in [6.45, 7) is 19.7. The molecule has 3 aromatic heterocycles. The lowest BCUT2D eigenvalue weighted by molar-refractivity contribution is 0.507. The number of nitrogens with zero attached hydrogens (tertiary/aromatic N) is 2. The molecule has 5 nitrogen and oxygen atoms in total. The second-order valence-corrected chi connectivity index (χ2v) is 21.2. The van der Waals surface area contributed by atoms with Gasteiger partial charge < -0.3 is 15.3 Å². The molecule has 2 aliphatic heterocycles. The third-order valence-electron chi connectivity index (χ3n) is 13.7. The Hall–Kier alpha value is -5.35. The molecular formula is C56H65N5P+. The van der Waals surface area contributed by atoms with Gasteiger partial charge in [-0.3, -0.25) is 4.98 Å². The Balaban J connectivity index is 0.953. The molecule has 6 heteroatoms. The van der Waals surface area contributed by atoms with Gasteiger partial charge in [-0.25, -0.2) is 4.98 Å². The molecule has 318 valence electrons. The number of hydrogen-bond donors (Lipinski definition) is 3. The van der Waals surface area contributed by atoms with E-state index in [1.807, 2.05) is 6.08 Å². The number of unbranched alkanes of at least 4 members (excludes halogenated alkanes) is 3. The second kappa shape index (κ2) is 19.4. The fraction of sp³-hybridized carbons (Fsp3) is 0.321. The highest BCUT2D eigenvalue weighted by Gasteiger charge is 2.44.